The van der Waals surface area contributed by atoms with E-state index < -0.39 is 5.91 Å². The summed E-state index contributed by atoms with van der Waals surface area (Å²) >= 11 is 6.30. The van der Waals surface area contributed by atoms with Gasteiger partial charge in [0.25, 0.3) is 5.91 Å². The molecule has 1 saturated heterocycles. The van der Waals surface area contributed by atoms with E-state index in [0.717, 1.165) is 26.1 Å². The Balaban J connectivity index is 2.39. The van der Waals surface area contributed by atoms with Gasteiger partial charge in [-0.2, -0.15) is 0 Å². The van der Waals surface area contributed by atoms with Crippen LogP contribution in [0.1, 0.15) is 23.7 Å². The maximum atomic E-state index is 11.7. The number of nitrogen functional groups attached to an aromatic ring is 1. The van der Waals surface area contributed by atoms with Crippen LogP contribution in [0.5, 0.6) is 0 Å². The Kier molecular flexibility index (Phi) is 4.40. The molecular weight excluding hydrogens is 276 g/mol. The molecule has 1 aromatic rings. The van der Waals surface area contributed by atoms with Crippen LogP contribution in [0.25, 0.3) is 0 Å². The summed E-state index contributed by atoms with van der Waals surface area (Å²) in [5, 5.41) is 0.484. The molecule has 1 unspecified atom stereocenters. The van der Waals surface area contributed by atoms with Gasteiger partial charge in [0.05, 0.1) is 16.3 Å². The third-order valence-electron chi connectivity index (χ3n) is 3.92. The Morgan fingerprint density at radius 3 is 2.75 bits per heavy atom. The molecule has 0 spiro atoms. The van der Waals surface area contributed by atoms with Gasteiger partial charge in [-0.1, -0.05) is 18.5 Å². The van der Waals surface area contributed by atoms with Crippen molar-refractivity contribution in [1.82, 2.24) is 4.90 Å². The highest BCUT2D eigenvalue weighted by atomic mass is 35.5. The van der Waals surface area contributed by atoms with E-state index in [4.69, 9.17) is 23.1 Å². The minimum atomic E-state index is -0.499. The summed E-state index contributed by atoms with van der Waals surface area (Å²) in [4.78, 5) is 16.1. The number of anilines is 2. The molecule has 0 radical (unpaired) electrons. The van der Waals surface area contributed by atoms with Crippen molar-refractivity contribution in [2.45, 2.75) is 19.4 Å². The van der Waals surface area contributed by atoms with Crippen molar-refractivity contribution in [3.63, 3.8) is 0 Å². The number of hydrogen-bond acceptors (Lipinski definition) is 4. The topological polar surface area (TPSA) is 75.6 Å². The molecule has 5 nitrogen and oxygen atoms in total. The third kappa shape index (κ3) is 2.83. The minimum absolute atomic E-state index is 0.398. The number of nitrogens with two attached hydrogens (primary N) is 2. The number of rotatable bonds is 3. The number of amides is 1. The van der Waals surface area contributed by atoms with Crippen LogP contribution in [0, 0.1) is 0 Å². The van der Waals surface area contributed by atoms with Gasteiger partial charge in [0.15, 0.2) is 0 Å². The largest absolute Gasteiger partial charge is 0.399 e. The monoisotopic (exact) mass is 296 g/mol. The summed E-state index contributed by atoms with van der Waals surface area (Å²) in [6.45, 7) is 4.73. The molecule has 110 valence electrons. The van der Waals surface area contributed by atoms with Crippen LogP contribution in [0.3, 0.4) is 0 Å². The predicted molar refractivity (Wildman–Crippen MR) is 83.3 cm³/mol. The number of nitrogens with zero attached hydrogens (tertiary/aromatic N) is 2. The zero-order valence-corrected chi connectivity index (χ0v) is 12.7. The molecular formula is C14H21ClN4O. The van der Waals surface area contributed by atoms with Gasteiger partial charge in [0.2, 0.25) is 0 Å². The Morgan fingerprint density at radius 2 is 2.15 bits per heavy atom. The number of halogens is 1. The number of likely N-dealkylation sites (N-methyl/N-ethyl adjacent to an activating group) is 1. The van der Waals surface area contributed by atoms with E-state index in [0.29, 0.717) is 28.0 Å². The quantitative estimate of drug-likeness (QED) is 0.830. The summed E-state index contributed by atoms with van der Waals surface area (Å²) in [7, 11) is 2.12. The molecule has 2 rings (SSSR count). The molecule has 0 aromatic heterocycles. The summed E-state index contributed by atoms with van der Waals surface area (Å²) in [6, 6.07) is 3.71. The second-order valence-electron chi connectivity index (χ2n) is 5.25. The highest BCUT2D eigenvalue weighted by Gasteiger charge is 2.27. The van der Waals surface area contributed by atoms with E-state index in [2.05, 4.69) is 23.8 Å². The smallest absolute Gasteiger partial charge is 0.250 e. The van der Waals surface area contributed by atoms with Crippen molar-refractivity contribution in [3.05, 3.63) is 22.7 Å². The number of primary amides is 1. The molecule has 6 heteroatoms. The Morgan fingerprint density at radius 1 is 1.45 bits per heavy atom. The molecule has 1 heterocycles. The van der Waals surface area contributed by atoms with Gasteiger partial charge in [-0.3, -0.25) is 9.69 Å². The fraction of sp³-hybridized carbons (Fsp3) is 0.500. The van der Waals surface area contributed by atoms with Gasteiger partial charge >= 0.3 is 0 Å². The maximum absolute atomic E-state index is 11.7. The van der Waals surface area contributed by atoms with Gasteiger partial charge < -0.3 is 16.4 Å². The molecule has 1 aliphatic heterocycles. The molecule has 1 aromatic carbocycles. The lowest BCUT2D eigenvalue weighted by Crippen LogP contribution is -2.51. The summed E-state index contributed by atoms with van der Waals surface area (Å²) in [5.74, 6) is -0.499. The Bertz CT molecular complexity index is 520. The van der Waals surface area contributed by atoms with E-state index in [-0.39, 0.29) is 0 Å². The fourth-order valence-electron chi connectivity index (χ4n) is 2.72. The van der Waals surface area contributed by atoms with Gasteiger partial charge in [-0.05, 0) is 25.6 Å². The molecule has 1 amide bonds. The summed E-state index contributed by atoms with van der Waals surface area (Å²) in [5.41, 5.74) is 12.8. The molecule has 1 atom stereocenters. The second kappa shape index (κ2) is 5.89. The van der Waals surface area contributed by atoms with Gasteiger partial charge in [-0.15, -0.1) is 0 Å². The van der Waals surface area contributed by atoms with Crippen molar-refractivity contribution in [2.24, 2.45) is 5.73 Å². The zero-order valence-electron chi connectivity index (χ0n) is 11.9. The van der Waals surface area contributed by atoms with Crippen LogP contribution in [0.15, 0.2) is 12.1 Å². The van der Waals surface area contributed by atoms with Crippen LogP contribution >= 0.6 is 11.6 Å². The minimum Gasteiger partial charge on any atom is -0.399 e. The van der Waals surface area contributed by atoms with Crippen molar-refractivity contribution < 1.29 is 4.79 Å². The number of benzene rings is 1. The predicted octanol–water partition coefficient (Wildman–Crippen LogP) is 1.55. The first-order chi connectivity index (χ1) is 9.43. The summed E-state index contributed by atoms with van der Waals surface area (Å²) in [6.07, 6.45) is 1.05. The van der Waals surface area contributed by atoms with Crippen molar-refractivity contribution in [2.75, 3.05) is 37.3 Å². The van der Waals surface area contributed by atoms with Crippen LogP contribution in [-0.2, 0) is 0 Å². The lowest BCUT2D eigenvalue weighted by Gasteiger charge is -2.41. The van der Waals surface area contributed by atoms with Crippen molar-refractivity contribution in [1.29, 1.82) is 0 Å². The lowest BCUT2D eigenvalue weighted by atomic mass is 10.1. The first-order valence-electron chi connectivity index (χ1n) is 6.78. The number of hydrogen-bond donors (Lipinski definition) is 2. The molecule has 20 heavy (non-hydrogen) atoms. The van der Waals surface area contributed by atoms with Crippen molar-refractivity contribution >= 4 is 28.9 Å². The van der Waals surface area contributed by atoms with Gasteiger partial charge in [0.1, 0.15) is 0 Å². The summed E-state index contributed by atoms with van der Waals surface area (Å²) < 4.78 is 0. The highest BCUT2D eigenvalue weighted by molar-refractivity contribution is 6.34. The van der Waals surface area contributed by atoms with E-state index in [1.807, 2.05) is 0 Å². The zero-order chi connectivity index (χ0) is 14.9. The molecule has 1 aliphatic rings. The molecule has 0 aliphatic carbocycles. The highest BCUT2D eigenvalue weighted by Crippen LogP contribution is 2.33. The Labute approximate surface area is 124 Å². The molecule has 1 fully saturated rings. The average Bonchev–Trinajstić information content (AvgIpc) is 2.39. The van der Waals surface area contributed by atoms with E-state index in [9.17, 15) is 4.79 Å². The maximum Gasteiger partial charge on any atom is 0.250 e. The first-order valence-corrected chi connectivity index (χ1v) is 7.15. The number of carbonyl (C=O) groups excluding carboxylic acids is 1. The SMILES string of the molecule is CCC1CN(c2c(Cl)cc(N)cc2C(N)=O)CCN1C. The Hall–Kier alpha value is -1.46. The fourth-order valence-corrected chi connectivity index (χ4v) is 3.07. The standard InChI is InChI=1S/C14H21ClN4O/c1-3-10-8-19(5-4-18(10)2)13-11(14(17)20)6-9(16)7-12(13)15/h6-7,10H,3-5,8,16H2,1-2H3,(H2,17,20). The molecule has 4 N–H and O–H groups in total. The first kappa shape index (κ1) is 14.9. The van der Waals surface area contributed by atoms with E-state index >= 15 is 0 Å². The normalized spacial score (nSPS) is 20.1. The van der Waals surface area contributed by atoms with Gasteiger partial charge in [-0.25, -0.2) is 0 Å². The van der Waals surface area contributed by atoms with Crippen LogP contribution in [0.4, 0.5) is 11.4 Å². The van der Waals surface area contributed by atoms with Crippen LogP contribution < -0.4 is 16.4 Å². The molecule has 0 bridgehead atoms. The van der Waals surface area contributed by atoms with Crippen molar-refractivity contribution in [3.8, 4) is 0 Å². The average molecular weight is 297 g/mol. The van der Waals surface area contributed by atoms with E-state index in [1.54, 1.807) is 12.1 Å². The third-order valence-corrected chi connectivity index (χ3v) is 4.20. The molecule has 0 saturated carbocycles. The van der Waals surface area contributed by atoms with E-state index in [1.165, 1.54) is 0 Å². The van der Waals surface area contributed by atoms with Crippen LogP contribution in [-0.4, -0.2) is 43.5 Å². The van der Waals surface area contributed by atoms with Crippen LogP contribution in [0.2, 0.25) is 5.02 Å². The number of carbonyl (C=O) groups is 1. The second-order valence-corrected chi connectivity index (χ2v) is 5.66. The number of piperazine rings is 1. The lowest BCUT2D eigenvalue weighted by molar-refractivity contribution is 0.100. The van der Waals surface area contributed by atoms with Gasteiger partial charge in [0, 0.05) is 31.4 Å².